The van der Waals surface area contributed by atoms with E-state index in [-0.39, 0.29) is 12.0 Å². The van der Waals surface area contributed by atoms with Gasteiger partial charge in [0.15, 0.2) is 6.10 Å². The van der Waals surface area contributed by atoms with Gasteiger partial charge in [-0.1, -0.05) is 13.0 Å². The summed E-state index contributed by atoms with van der Waals surface area (Å²) in [6.45, 7) is 6.95. The second kappa shape index (κ2) is 6.69. The van der Waals surface area contributed by atoms with E-state index < -0.39 is 0 Å². The van der Waals surface area contributed by atoms with Gasteiger partial charge in [0.05, 0.1) is 5.69 Å². The molecule has 2 unspecified atom stereocenters. The Labute approximate surface area is 132 Å². The molecule has 1 fully saturated rings. The molecule has 2 atom stereocenters. The molecule has 0 bridgehead atoms. The molecule has 0 saturated carbocycles. The number of piperidine rings is 1. The highest BCUT2D eigenvalue weighted by Crippen LogP contribution is 2.36. The molecule has 4 heteroatoms. The van der Waals surface area contributed by atoms with Crippen LogP contribution in [0, 0.1) is 5.92 Å². The van der Waals surface area contributed by atoms with Crippen molar-refractivity contribution >= 4 is 11.6 Å². The summed E-state index contributed by atoms with van der Waals surface area (Å²) >= 11 is 0. The van der Waals surface area contributed by atoms with Gasteiger partial charge in [0, 0.05) is 6.54 Å². The zero-order valence-corrected chi connectivity index (χ0v) is 13.6. The molecular weight excluding hydrogens is 276 g/mol. The van der Waals surface area contributed by atoms with Crippen LogP contribution in [0.15, 0.2) is 18.2 Å². The Morgan fingerprint density at radius 3 is 2.91 bits per heavy atom. The third kappa shape index (κ3) is 2.98. The maximum Gasteiger partial charge on any atom is 0.268 e. The van der Waals surface area contributed by atoms with E-state index in [1.54, 1.807) is 0 Å². The lowest BCUT2D eigenvalue weighted by Crippen LogP contribution is -2.45. The summed E-state index contributed by atoms with van der Waals surface area (Å²) < 4.78 is 5.87. The molecule has 2 heterocycles. The summed E-state index contributed by atoms with van der Waals surface area (Å²) in [4.78, 5) is 14.3. The SMILES string of the molecule is CCC1Oc2ccc(CC3CCCNC3)cc2N(CC)C1=O. The van der Waals surface area contributed by atoms with Crippen molar-refractivity contribution in [3.05, 3.63) is 23.8 Å². The Morgan fingerprint density at radius 1 is 1.36 bits per heavy atom. The van der Waals surface area contributed by atoms with Crippen LogP contribution in [0.25, 0.3) is 0 Å². The van der Waals surface area contributed by atoms with Crippen LogP contribution in [0.4, 0.5) is 5.69 Å². The van der Waals surface area contributed by atoms with Crippen molar-refractivity contribution in [3.63, 3.8) is 0 Å². The van der Waals surface area contributed by atoms with Crippen molar-refractivity contribution in [1.82, 2.24) is 5.32 Å². The summed E-state index contributed by atoms with van der Waals surface area (Å²) in [6, 6.07) is 6.35. The molecule has 2 aliphatic rings. The van der Waals surface area contributed by atoms with Crippen molar-refractivity contribution in [3.8, 4) is 5.75 Å². The van der Waals surface area contributed by atoms with Gasteiger partial charge in [-0.15, -0.1) is 0 Å². The molecule has 22 heavy (non-hydrogen) atoms. The molecule has 0 aliphatic carbocycles. The molecule has 0 spiro atoms. The standard InChI is InChI=1S/C18H26N2O2/c1-3-16-18(21)20(4-2)15-11-13(7-8-17(15)22-16)10-14-6-5-9-19-12-14/h7-8,11,14,16,19H,3-6,9-10,12H2,1-2H3. The highest BCUT2D eigenvalue weighted by Gasteiger charge is 2.32. The average molecular weight is 302 g/mol. The fourth-order valence-corrected chi connectivity index (χ4v) is 3.51. The first-order chi connectivity index (χ1) is 10.7. The Kier molecular flexibility index (Phi) is 4.67. The zero-order valence-electron chi connectivity index (χ0n) is 13.6. The Morgan fingerprint density at radius 2 is 2.23 bits per heavy atom. The second-order valence-corrected chi connectivity index (χ2v) is 6.32. The number of hydrogen-bond donors (Lipinski definition) is 1. The first-order valence-corrected chi connectivity index (χ1v) is 8.54. The highest BCUT2D eigenvalue weighted by molar-refractivity contribution is 6.00. The van der Waals surface area contributed by atoms with Gasteiger partial charge in [-0.25, -0.2) is 0 Å². The van der Waals surface area contributed by atoms with Crippen LogP contribution >= 0.6 is 0 Å². The molecule has 1 aromatic rings. The third-order valence-electron chi connectivity index (χ3n) is 4.74. The topological polar surface area (TPSA) is 41.6 Å². The minimum absolute atomic E-state index is 0.0917. The Bertz CT molecular complexity index is 538. The number of benzene rings is 1. The van der Waals surface area contributed by atoms with E-state index in [9.17, 15) is 4.79 Å². The molecule has 1 amide bonds. The summed E-state index contributed by atoms with van der Waals surface area (Å²) in [5.74, 6) is 1.64. The van der Waals surface area contributed by atoms with Crippen molar-refractivity contribution in [2.45, 2.75) is 45.6 Å². The number of amides is 1. The number of nitrogens with zero attached hydrogens (tertiary/aromatic N) is 1. The quantitative estimate of drug-likeness (QED) is 0.930. The number of ether oxygens (including phenoxy) is 1. The van der Waals surface area contributed by atoms with E-state index in [1.807, 2.05) is 24.8 Å². The molecule has 2 aliphatic heterocycles. The predicted molar refractivity (Wildman–Crippen MR) is 88.5 cm³/mol. The van der Waals surface area contributed by atoms with Gasteiger partial charge in [0.25, 0.3) is 5.91 Å². The number of carbonyl (C=O) groups excluding carboxylic acids is 1. The number of likely N-dealkylation sites (N-methyl/N-ethyl adjacent to an activating group) is 1. The fraction of sp³-hybridized carbons (Fsp3) is 0.611. The van der Waals surface area contributed by atoms with Crippen molar-refractivity contribution in [2.24, 2.45) is 5.92 Å². The fourth-order valence-electron chi connectivity index (χ4n) is 3.51. The maximum absolute atomic E-state index is 12.4. The lowest BCUT2D eigenvalue weighted by atomic mass is 9.92. The largest absolute Gasteiger partial charge is 0.478 e. The lowest BCUT2D eigenvalue weighted by molar-refractivity contribution is -0.126. The van der Waals surface area contributed by atoms with Gasteiger partial charge in [-0.05, 0) is 69.3 Å². The average Bonchev–Trinajstić information content (AvgIpc) is 2.55. The molecule has 0 aromatic heterocycles. The molecule has 4 nitrogen and oxygen atoms in total. The molecule has 1 N–H and O–H groups in total. The van der Waals surface area contributed by atoms with Crippen molar-refractivity contribution < 1.29 is 9.53 Å². The number of fused-ring (bicyclic) bond motifs is 1. The highest BCUT2D eigenvalue weighted by atomic mass is 16.5. The smallest absolute Gasteiger partial charge is 0.268 e. The van der Waals surface area contributed by atoms with Gasteiger partial charge in [-0.2, -0.15) is 0 Å². The van der Waals surface area contributed by atoms with Crippen LogP contribution in [0.3, 0.4) is 0 Å². The Balaban J connectivity index is 1.82. The molecule has 0 radical (unpaired) electrons. The first kappa shape index (κ1) is 15.3. The summed E-state index contributed by atoms with van der Waals surface area (Å²) in [5.41, 5.74) is 2.25. The molecule has 120 valence electrons. The Hall–Kier alpha value is -1.55. The third-order valence-corrected chi connectivity index (χ3v) is 4.74. The van der Waals surface area contributed by atoms with Crippen LogP contribution in [-0.2, 0) is 11.2 Å². The van der Waals surface area contributed by atoms with E-state index in [1.165, 1.54) is 18.4 Å². The van der Waals surface area contributed by atoms with E-state index >= 15 is 0 Å². The number of nitrogens with one attached hydrogen (secondary N) is 1. The van der Waals surface area contributed by atoms with E-state index in [4.69, 9.17) is 4.74 Å². The summed E-state index contributed by atoms with van der Waals surface area (Å²) in [5, 5.41) is 3.47. The molecular formula is C18H26N2O2. The molecule has 1 saturated heterocycles. The van der Waals surface area contributed by atoms with E-state index in [0.717, 1.165) is 30.9 Å². The minimum Gasteiger partial charge on any atom is -0.478 e. The minimum atomic E-state index is -0.333. The normalized spacial score (nSPS) is 24.8. The van der Waals surface area contributed by atoms with Crippen LogP contribution in [-0.4, -0.2) is 31.6 Å². The number of anilines is 1. The first-order valence-electron chi connectivity index (χ1n) is 8.54. The predicted octanol–water partition coefficient (Wildman–Crippen LogP) is 2.75. The molecule has 3 rings (SSSR count). The number of hydrogen-bond acceptors (Lipinski definition) is 3. The van der Waals surface area contributed by atoms with Crippen LogP contribution in [0.5, 0.6) is 5.75 Å². The lowest BCUT2D eigenvalue weighted by Gasteiger charge is -2.34. The maximum atomic E-state index is 12.4. The monoisotopic (exact) mass is 302 g/mol. The van der Waals surface area contributed by atoms with Crippen LogP contribution in [0.2, 0.25) is 0 Å². The van der Waals surface area contributed by atoms with Crippen LogP contribution < -0.4 is 15.0 Å². The number of carbonyl (C=O) groups is 1. The van der Waals surface area contributed by atoms with Crippen molar-refractivity contribution in [2.75, 3.05) is 24.5 Å². The zero-order chi connectivity index (χ0) is 15.5. The van der Waals surface area contributed by atoms with Crippen molar-refractivity contribution in [1.29, 1.82) is 0 Å². The van der Waals surface area contributed by atoms with Crippen LogP contribution in [0.1, 0.15) is 38.7 Å². The van der Waals surface area contributed by atoms with Gasteiger partial charge in [0.2, 0.25) is 0 Å². The summed E-state index contributed by atoms with van der Waals surface area (Å²) in [7, 11) is 0. The molecule has 1 aromatic carbocycles. The van der Waals surface area contributed by atoms with Gasteiger partial charge in [0.1, 0.15) is 5.75 Å². The van der Waals surface area contributed by atoms with Gasteiger partial charge in [-0.3, -0.25) is 4.79 Å². The van der Waals surface area contributed by atoms with Gasteiger partial charge < -0.3 is 15.0 Å². The summed E-state index contributed by atoms with van der Waals surface area (Å²) in [6.07, 6.45) is 4.00. The van der Waals surface area contributed by atoms with E-state index in [2.05, 4.69) is 17.4 Å². The van der Waals surface area contributed by atoms with E-state index in [0.29, 0.717) is 18.9 Å². The van der Waals surface area contributed by atoms with Gasteiger partial charge >= 0.3 is 0 Å². The number of rotatable bonds is 4. The second-order valence-electron chi connectivity index (χ2n) is 6.32.